The Morgan fingerprint density at radius 2 is 1.83 bits per heavy atom. The molecule has 3 aromatic rings. The van der Waals surface area contributed by atoms with Gasteiger partial charge in [0.15, 0.2) is 0 Å². The lowest BCUT2D eigenvalue weighted by molar-refractivity contribution is 0.0698. The van der Waals surface area contributed by atoms with E-state index < -0.39 is 5.97 Å². The van der Waals surface area contributed by atoms with Gasteiger partial charge in [0.05, 0.1) is 22.6 Å². The minimum absolute atomic E-state index is 0.150. The Morgan fingerprint density at radius 1 is 1.04 bits per heavy atom. The number of hydrogen-bond donors (Lipinski definition) is 2. The van der Waals surface area contributed by atoms with Crippen molar-refractivity contribution < 1.29 is 9.90 Å². The maximum atomic E-state index is 11.2. The first-order chi connectivity index (χ1) is 11.1. The fourth-order valence-corrected chi connectivity index (χ4v) is 2.11. The van der Waals surface area contributed by atoms with Crippen molar-refractivity contribution in [2.24, 2.45) is 0 Å². The van der Waals surface area contributed by atoms with Crippen molar-refractivity contribution in [1.82, 2.24) is 19.9 Å². The van der Waals surface area contributed by atoms with Gasteiger partial charge in [-0.2, -0.15) is 0 Å². The minimum atomic E-state index is -1.02. The van der Waals surface area contributed by atoms with Crippen molar-refractivity contribution in [2.75, 3.05) is 5.32 Å². The summed E-state index contributed by atoms with van der Waals surface area (Å²) in [4.78, 5) is 28.2. The van der Waals surface area contributed by atoms with E-state index in [4.69, 9.17) is 0 Å². The Hall–Kier alpha value is -3.35. The Kier molecular flexibility index (Phi) is 3.92. The van der Waals surface area contributed by atoms with Crippen LogP contribution in [0.15, 0.2) is 48.9 Å². The van der Waals surface area contributed by atoms with Crippen molar-refractivity contribution in [2.45, 2.75) is 6.92 Å². The first-order valence-corrected chi connectivity index (χ1v) is 6.85. The summed E-state index contributed by atoms with van der Waals surface area (Å²) in [7, 11) is 0. The molecule has 0 saturated carbocycles. The molecule has 0 spiro atoms. The maximum absolute atomic E-state index is 11.2. The highest BCUT2D eigenvalue weighted by atomic mass is 16.4. The van der Waals surface area contributed by atoms with Gasteiger partial charge in [0.1, 0.15) is 5.69 Å². The third kappa shape index (κ3) is 3.13. The van der Waals surface area contributed by atoms with Gasteiger partial charge in [0.25, 0.3) is 0 Å². The molecule has 2 heterocycles. The van der Waals surface area contributed by atoms with Crippen LogP contribution < -0.4 is 5.32 Å². The third-order valence-corrected chi connectivity index (χ3v) is 3.18. The van der Waals surface area contributed by atoms with Crippen LogP contribution in [0.4, 0.5) is 11.6 Å². The molecule has 2 aromatic heterocycles. The molecule has 7 nitrogen and oxygen atoms in total. The van der Waals surface area contributed by atoms with E-state index in [2.05, 4.69) is 25.3 Å². The second-order valence-electron chi connectivity index (χ2n) is 4.73. The summed E-state index contributed by atoms with van der Waals surface area (Å²) in [5, 5.41) is 12.1. The van der Waals surface area contributed by atoms with E-state index in [0.717, 1.165) is 5.69 Å². The molecule has 0 unspecified atom stereocenters. The van der Waals surface area contributed by atoms with E-state index in [0.29, 0.717) is 23.0 Å². The van der Waals surface area contributed by atoms with Crippen LogP contribution in [0.3, 0.4) is 0 Å². The van der Waals surface area contributed by atoms with E-state index in [1.165, 1.54) is 6.07 Å². The van der Waals surface area contributed by atoms with Crippen molar-refractivity contribution >= 4 is 17.6 Å². The standard InChI is InChI=1S/C16H13N5O2/c1-10-14(18-9-8-17-10)13-6-7-19-16(21-13)20-12-5-3-2-4-11(12)15(22)23/h2-9H,1H3,(H,22,23)(H,19,20,21). The van der Waals surface area contributed by atoms with Gasteiger partial charge in [-0.15, -0.1) is 0 Å². The zero-order valence-electron chi connectivity index (χ0n) is 12.3. The lowest BCUT2D eigenvalue weighted by Crippen LogP contribution is -2.05. The van der Waals surface area contributed by atoms with Crippen molar-refractivity contribution in [3.8, 4) is 11.4 Å². The van der Waals surface area contributed by atoms with Crippen LogP contribution in [-0.4, -0.2) is 31.0 Å². The molecule has 114 valence electrons. The summed E-state index contributed by atoms with van der Waals surface area (Å²) >= 11 is 0. The summed E-state index contributed by atoms with van der Waals surface area (Å²) in [6, 6.07) is 8.31. The number of benzene rings is 1. The van der Waals surface area contributed by atoms with E-state index >= 15 is 0 Å². The number of carboxylic acids is 1. The van der Waals surface area contributed by atoms with E-state index in [1.54, 1.807) is 42.9 Å². The van der Waals surface area contributed by atoms with Gasteiger partial charge in [-0.25, -0.2) is 14.8 Å². The quantitative estimate of drug-likeness (QED) is 0.764. The molecule has 0 aliphatic rings. The van der Waals surface area contributed by atoms with Crippen LogP contribution >= 0.6 is 0 Å². The van der Waals surface area contributed by atoms with Crippen molar-refractivity contribution in [3.63, 3.8) is 0 Å². The van der Waals surface area contributed by atoms with Gasteiger partial charge >= 0.3 is 5.97 Å². The Bertz CT molecular complexity index is 866. The molecule has 0 atom stereocenters. The molecule has 0 bridgehead atoms. The van der Waals surface area contributed by atoms with Crippen LogP contribution in [0.1, 0.15) is 16.1 Å². The fraction of sp³-hybridized carbons (Fsp3) is 0.0625. The highest BCUT2D eigenvalue weighted by Crippen LogP contribution is 2.21. The zero-order chi connectivity index (χ0) is 16.2. The average Bonchev–Trinajstić information content (AvgIpc) is 2.56. The van der Waals surface area contributed by atoms with E-state index in [9.17, 15) is 9.90 Å². The molecular weight excluding hydrogens is 294 g/mol. The van der Waals surface area contributed by atoms with Gasteiger partial charge in [0.2, 0.25) is 5.95 Å². The van der Waals surface area contributed by atoms with Gasteiger partial charge in [-0.05, 0) is 25.1 Å². The number of para-hydroxylation sites is 1. The summed E-state index contributed by atoms with van der Waals surface area (Å²) in [5.41, 5.74) is 2.60. The molecule has 3 rings (SSSR count). The number of aryl methyl sites for hydroxylation is 1. The van der Waals surface area contributed by atoms with Crippen LogP contribution in [0.25, 0.3) is 11.4 Å². The van der Waals surface area contributed by atoms with Crippen molar-refractivity contribution in [3.05, 3.63) is 60.2 Å². The third-order valence-electron chi connectivity index (χ3n) is 3.18. The predicted octanol–water partition coefficient (Wildman–Crippen LogP) is 2.68. The highest BCUT2D eigenvalue weighted by Gasteiger charge is 2.11. The number of aromatic nitrogens is 4. The number of aromatic carboxylic acids is 1. The normalized spacial score (nSPS) is 10.3. The molecule has 0 aliphatic carbocycles. The minimum Gasteiger partial charge on any atom is -0.478 e. The predicted molar refractivity (Wildman–Crippen MR) is 84.5 cm³/mol. The largest absolute Gasteiger partial charge is 0.478 e. The van der Waals surface area contributed by atoms with Crippen LogP contribution in [0.2, 0.25) is 0 Å². The van der Waals surface area contributed by atoms with Crippen LogP contribution in [0, 0.1) is 6.92 Å². The molecule has 0 fully saturated rings. The molecule has 0 saturated heterocycles. The maximum Gasteiger partial charge on any atom is 0.337 e. The zero-order valence-corrected chi connectivity index (χ0v) is 12.3. The topological polar surface area (TPSA) is 101 Å². The molecule has 0 amide bonds. The first kappa shape index (κ1) is 14.6. The monoisotopic (exact) mass is 307 g/mol. The first-order valence-electron chi connectivity index (χ1n) is 6.85. The highest BCUT2D eigenvalue weighted by molar-refractivity contribution is 5.94. The Balaban J connectivity index is 1.96. The fourth-order valence-electron chi connectivity index (χ4n) is 2.11. The van der Waals surface area contributed by atoms with Gasteiger partial charge in [-0.3, -0.25) is 9.97 Å². The smallest absolute Gasteiger partial charge is 0.337 e. The molecule has 1 aromatic carbocycles. The second kappa shape index (κ2) is 6.18. The van der Waals surface area contributed by atoms with Crippen LogP contribution in [0.5, 0.6) is 0 Å². The van der Waals surface area contributed by atoms with Gasteiger partial charge in [0, 0.05) is 18.6 Å². The average molecular weight is 307 g/mol. The molecule has 0 radical (unpaired) electrons. The number of carbonyl (C=O) groups is 1. The number of nitrogens with one attached hydrogen (secondary N) is 1. The Morgan fingerprint density at radius 3 is 2.61 bits per heavy atom. The summed E-state index contributed by atoms with van der Waals surface area (Å²) in [5.74, 6) is -0.727. The molecular formula is C16H13N5O2. The number of hydrogen-bond acceptors (Lipinski definition) is 6. The molecule has 2 N–H and O–H groups in total. The number of anilines is 2. The van der Waals surface area contributed by atoms with Crippen LogP contribution in [-0.2, 0) is 0 Å². The van der Waals surface area contributed by atoms with E-state index in [1.807, 2.05) is 6.92 Å². The number of carboxylic acid groups (broad SMARTS) is 1. The SMILES string of the molecule is Cc1nccnc1-c1ccnc(Nc2ccccc2C(=O)O)n1. The molecule has 7 heteroatoms. The molecule has 0 aliphatic heterocycles. The Labute approximate surface area is 132 Å². The lowest BCUT2D eigenvalue weighted by atomic mass is 10.2. The summed E-state index contributed by atoms with van der Waals surface area (Å²) < 4.78 is 0. The van der Waals surface area contributed by atoms with Crippen molar-refractivity contribution in [1.29, 1.82) is 0 Å². The summed E-state index contributed by atoms with van der Waals surface area (Å²) in [6.07, 6.45) is 4.79. The number of nitrogens with zero attached hydrogens (tertiary/aromatic N) is 4. The second-order valence-corrected chi connectivity index (χ2v) is 4.73. The van der Waals surface area contributed by atoms with Gasteiger partial charge in [-0.1, -0.05) is 12.1 Å². The number of rotatable bonds is 4. The lowest BCUT2D eigenvalue weighted by Gasteiger charge is -2.09. The van der Waals surface area contributed by atoms with Gasteiger partial charge < -0.3 is 10.4 Å². The molecule has 23 heavy (non-hydrogen) atoms. The summed E-state index contributed by atoms with van der Waals surface area (Å²) in [6.45, 7) is 1.84. The van der Waals surface area contributed by atoms with E-state index in [-0.39, 0.29) is 5.56 Å².